The van der Waals surface area contributed by atoms with Crippen LogP contribution < -0.4 is 0 Å². The van der Waals surface area contributed by atoms with Crippen LogP contribution in [0.5, 0.6) is 0 Å². The molecule has 0 N–H and O–H groups in total. The van der Waals surface area contributed by atoms with Gasteiger partial charge in [-0.2, -0.15) is 5.10 Å². The molecule has 0 saturated heterocycles. The summed E-state index contributed by atoms with van der Waals surface area (Å²) < 4.78 is 2.10. The molecular formula is C13H23ClN2. The van der Waals surface area contributed by atoms with Gasteiger partial charge in [0.1, 0.15) is 0 Å². The number of alkyl halides is 1. The summed E-state index contributed by atoms with van der Waals surface area (Å²) in [6.45, 7) is 11.7. The van der Waals surface area contributed by atoms with Crippen molar-refractivity contribution in [3.05, 3.63) is 17.0 Å². The lowest BCUT2D eigenvalue weighted by Crippen LogP contribution is -2.04. The predicted molar refractivity (Wildman–Crippen MR) is 70.0 cm³/mol. The zero-order valence-corrected chi connectivity index (χ0v) is 11.8. The first kappa shape index (κ1) is 13.6. The van der Waals surface area contributed by atoms with Crippen LogP contribution in [-0.4, -0.2) is 9.78 Å². The van der Waals surface area contributed by atoms with Crippen LogP contribution in [0.2, 0.25) is 0 Å². The lowest BCUT2D eigenvalue weighted by atomic mass is 10.1. The first-order chi connectivity index (χ1) is 7.43. The molecule has 0 aliphatic heterocycles. The molecule has 0 amide bonds. The molecule has 0 bridgehead atoms. The normalized spacial score (nSPS) is 13.4. The van der Waals surface area contributed by atoms with E-state index >= 15 is 0 Å². The van der Waals surface area contributed by atoms with Gasteiger partial charge in [0.2, 0.25) is 0 Å². The van der Waals surface area contributed by atoms with Gasteiger partial charge in [0.25, 0.3) is 0 Å². The van der Waals surface area contributed by atoms with Crippen molar-refractivity contribution in [1.29, 1.82) is 0 Å². The van der Waals surface area contributed by atoms with Crippen molar-refractivity contribution in [2.45, 2.75) is 59.4 Å². The monoisotopic (exact) mass is 242 g/mol. The van der Waals surface area contributed by atoms with E-state index in [1.54, 1.807) is 0 Å². The molecule has 3 heteroatoms. The first-order valence-corrected chi connectivity index (χ1v) is 6.55. The lowest BCUT2D eigenvalue weighted by molar-refractivity contribution is 0.483. The quantitative estimate of drug-likeness (QED) is 0.707. The van der Waals surface area contributed by atoms with Crippen molar-refractivity contribution in [2.24, 2.45) is 5.92 Å². The molecular weight excluding hydrogens is 220 g/mol. The summed E-state index contributed by atoms with van der Waals surface area (Å²) >= 11 is 6.16. The van der Waals surface area contributed by atoms with Crippen molar-refractivity contribution < 1.29 is 0 Å². The van der Waals surface area contributed by atoms with Gasteiger partial charge in [0.15, 0.2) is 0 Å². The van der Waals surface area contributed by atoms with Gasteiger partial charge >= 0.3 is 0 Å². The van der Waals surface area contributed by atoms with Crippen molar-refractivity contribution >= 4 is 11.6 Å². The summed E-state index contributed by atoms with van der Waals surface area (Å²) in [6.07, 6.45) is 2.44. The van der Waals surface area contributed by atoms with Crippen LogP contribution in [0.1, 0.15) is 55.9 Å². The van der Waals surface area contributed by atoms with Gasteiger partial charge < -0.3 is 0 Å². The van der Waals surface area contributed by atoms with E-state index in [1.165, 1.54) is 24.1 Å². The molecule has 1 aromatic rings. The first-order valence-electron chi connectivity index (χ1n) is 6.11. The highest BCUT2D eigenvalue weighted by Gasteiger charge is 2.15. The molecule has 0 aliphatic rings. The van der Waals surface area contributed by atoms with E-state index in [-0.39, 0.29) is 5.38 Å². The Labute approximate surface area is 104 Å². The summed E-state index contributed by atoms with van der Waals surface area (Å²) in [5.41, 5.74) is 3.50. The fraction of sp³-hybridized carbons (Fsp3) is 0.769. The molecule has 1 heterocycles. The SMILES string of the molecule is Cc1nn(CCCC(C)C)c(C)c1C(C)Cl. The maximum Gasteiger partial charge on any atom is 0.0643 e. The number of aryl methyl sites for hydroxylation is 2. The number of hydrogen-bond acceptors (Lipinski definition) is 1. The summed E-state index contributed by atoms with van der Waals surface area (Å²) in [7, 11) is 0. The second kappa shape index (κ2) is 5.72. The van der Waals surface area contributed by atoms with Gasteiger partial charge in [0.05, 0.1) is 11.1 Å². The van der Waals surface area contributed by atoms with Crippen LogP contribution in [0.15, 0.2) is 0 Å². The minimum absolute atomic E-state index is 0.0545. The zero-order chi connectivity index (χ0) is 12.3. The van der Waals surface area contributed by atoms with Crippen molar-refractivity contribution in [3.8, 4) is 0 Å². The number of aromatic nitrogens is 2. The average molecular weight is 243 g/mol. The molecule has 1 unspecified atom stereocenters. The highest BCUT2D eigenvalue weighted by Crippen LogP contribution is 2.26. The molecule has 16 heavy (non-hydrogen) atoms. The third-order valence-corrected chi connectivity index (χ3v) is 3.20. The molecule has 0 aromatic carbocycles. The van der Waals surface area contributed by atoms with Crippen LogP contribution >= 0.6 is 11.6 Å². The Balaban J connectivity index is 2.71. The largest absolute Gasteiger partial charge is 0.269 e. The molecule has 1 aromatic heterocycles. The van der Waals surface area contributed by atoms with E-state index in [0.29, 0.717) is 0 Å². The van der Waals surface area contributed by atoms with Gasteiger partial charge in [-0.25, -0.2) is 0 Å². The summed E-state index contributed by atoms with van der Waals surface area (Å²) in [4.78, 5) is 0. The maximum atomic E-state index is 6.16. The standard InChI is InChI=1S/C13H23ClN2/c1-9(2)7-6-8-16-12(5)13(10(3)14)11(4)15-16/h9-10H,6-8H2,1-5H3. The molecule has 2 nitrogen and oxygen atoms in total. The van der Waals surface area contributed by atoms with E-state index < -0.39 is 0 Å². The minimum Gasteiger partial charge on any atom is -0.269 e. The molecule has 1 rings (SSSR count). The summed E-state index contributed by atoms with van der Waals surface area (Å²) in [5, 5.41) is 4.61. The van der Waals surface area contributed by atoms with E-state index in [4.69, 9.17) is 11.6 Å². The molecule has 0 aliphatic carbocycles. The Morgan fingerprint density at radius 2 is 1.88 bits per heavy atom. The second-order valence-corrected chi connectivity index (χ2v) is 5.61. The van der Waals surface area contributed by atoms with Gasteiger partial charge in [-0.15, -0.1) is 11.6 Å². The average Bonchev–Trinajstić information content (AvgIpc) is 2.41. The topological polar surface area (TPSA) is 17.8 Å². The highest BCUT2D eigenvalue weighted by molar-refractivity contribution is 6.20. The predicted octanol–water partition coefficient (Wildman–Crippen LogP) is 4.24. The van der Waals surface area contributed by atoms with E-state index in [0.717, 1.165) is 18.2 Å². The Morgan fingerprint density at radius 3 is 2.31 bits per heavy atom. The van der Waals surface area contributed by atoms with Crippen molar-refractivity contribution in [2.75, 3.05) is 0 Å². The lowest BCUT2D eigenvalue weighted by Gasteiger charge is -2.08. The summed E-state index contributed by atoms with van der Waals surface area (Å²) in [6, 6.07) is 0. The Morgan fingerprint density at radius 1 is 1.25 bits per heavy atom. The highest BCUT2D eigenvalue weighted by atomic mass is 35.5. The molecule has 0 spiro atoms. The van der Waals surface area contributed by atoms with E-state index in [9.17, 15) is 0 Å². The fourth-order valence-corrected chi connectivity index (χ4v) is 2.47. The maximum absolute atomic E-state index is 6.16. The van der Waals surface area contributed by atoms with Gasteiger partial charge in [0, 0.05) is 17.8 Å². The smallest absolute Gasteiger partial charge is 0.0643 e. The van der Waals surface area contributed by atoms with Crippen molar-refractivity contribution in [3.63, 3.8) is 0 Å². The van der Waals surface area contributed by atoms with Crippen LogP contribution in [0.3, 0.4) is 0 Å². The number of rotatable bonds is 5. The molecule has 92 valence electrons. The van der Waals surface area contributed by atoms with Crippen LogP contribution in [0, 0.1) is 19.8 Å². The molecule has 0 fully saturated rings. The van der Waals surface area contributed by atoms with E-state index in [2.05, 4.69) is 30.6 Å². The molecule has 0 saturated carbocycles. The second-order valence-electron chi connectivity index (χ2n) is 4.96. The number of halogens is 1. The van der Waals surface area contributed by atoms with Gasteiger partial charge in [-0.05, 0) is 39.5 Å². The zero-order valence-electron chi connectivity index (χ0n) is 11.0. The Bertz CT molecular complexity index is 340. The number of hydrogen-bond donors (Lipinski definition) is 0. The number of nitrogens with zero attached hydrogens (tertiary/aromatic N) is 2. The molecule has 1 atom stereocenters. The fourth-order valence-electron chi connectivity index (χ4n) is 2.15. The molecule has 0 radical (unpaired) electrons. The minimum atomic E-state index is 0.0545. The van der Waals surface area contributed by atoms with Gasteiger partial charge in [-0.3, -0.25) is 4.68 Å². The van der Waals surface area contributed by atoms with E-state index in [1.807, 2.05) is 13.8 Å². The van der Waals surface area contributed by atoms with Crippen LogP contribution in [-0.2, 0) is 6.54 Å². The van der Waals surface area contributed by atoms with Crippen LogP contribution in [0.4, 0.5) is 0 Å². The Kier molecular flexibility index (Phi) is 4.85. The van der Waals surface area contributed by atoms with Crippen molar-refractivity contribution in [1.82, 2.24) is 9.78 Å². The summed E-state index contributed by atoms with van der Waals surface area (Å²) in [5.74, 6) is 0.767. The van der Waals surface area contributed by atoms with Crippen LogP contribution in [0.25, 0.3) is 0 Å². The Hall–Kier alpha value is -0.500. The van der Waals surface area contributed by atoms with Gasteiger partial charge in [-0.1, -0.05) is 13.8 Å². The third-order valence-electron chi connectivity index (χ3n) is 2.99. The third kappa shape index (κ3) is 3.24.